The Kier molecular flexibility index (Phi) is 8.11. The van der Waals surface area contributed by atoms with Crippen LogP contribution in [0, 0.1) is 12.7 Å². The van der Waals surface area contributed by atoms with Crippen LogP contribution in [0.1, 0.15) is 44.1 Å². The van der Waals surface area contributed by atoms with Crippen molar-refractivity contribution in [3.05, 3.63) is 48.0 Å². The molecule has 8 nitrogen and oxygen atoms in total. The molecule has 10 heteroatoms. The first-order chi connectivity index (χ1) is 18.3. The van der Waals surface area contributed by atoms with Crippen LogP contribution in [0.5, 0.6) is 5.75 Å². The Morgan fingerprint density at radius 1 is 1.16 bits per heavy atom. The van der Waals surface area contributed by atoms with Gasteiger partial charge in [0, 0.05) is 39.7 Å². The number of anilines is 2. The normalized spacial score (nSPS) is 21.8. The van der Waals surface area contributed by atoms with Gasteiger partial charge in [0.25, 0.3) is 0 Å². The van der Waals surface area contributed by atoms with Gasteiger partial charge in [-0.1, -0.05) is 0 Å². The van der Waals surface area contributed by atoms with Crippen molar-refractivity contribution in [2.24, 2.45) is 4.36 Å². The summed E-state index contributed by atoms with van der Waals surface area (Å²) in [5.41, 5.74) is 2.81. The number of rotatable bonds is 8. The minimum atomic E-state index is -2.39. The van der Waals surface area contributed by atoms with Gasteiger partial charge >= 0.3 is 0 Å². The largest absolute Gasteiger partial charge is 0.488 e. The highest BCUT2D eigenvalue weighted by Crippen LogP contribution is 2.35. The molecule has 1 atom stereocenters. The number of aryl methyl sites for hydroxylation is 1. The quantitative estimate of drug-likeness (QED) is 0.398. The number of aliphatic hydroxyl groups is 1. The van der Waals surface area contributed by atoms with E-state index in [0.717, 1.165) is 43.4 Å². The molecule has 1 unspecified atom stereocenters. The van der Waals surface area contributed by atoms with Crippen LogP contribution in [0.15, 0.2) is 41.0 Å². The van der Waals surface area contributed by atoms with Crippen LogP contribution in [0.2, 0.25) is 0 Å². The topological polar surface area (TPSA) is 99.9 Å². The number of likely N-dealkylation sites (tertiary alicyclic amines) is 1. The molecule has 1 aromatic heterocycles. The van der Waals surface area contributed by atoms with E-state index in [1.165, 1.54) is 31.3 Å². The molecule has 0 radical (unpaired) electrons. The fourth-order valence-electron chi connectivity index (χ4n) is 5.26. The average Bonchev–Trinajstić information content (AvgIpc) is 3.39. The SMILES string of the molecule is Cc1cc(N=S(C)(=O)CCN2CCCC2)cc2ncnc(Nc3ccc(F)cc3O[C@H]3CC[C@H](O)CC3)c12. The Hall–Kier alpha value is -2.82. The van der Waals surface area contributed by atoms with Crippen molar-refractivity contribution in [1.82, 2.24) is 14.9 Å². The Morgan fingerprint density at radius 2 is 1.92 bits per heavy atom. The van der Waals surface area contributed by atoms with Crippen molar-refractivity contribution in [3.8, 4) is 5.75 Å². The van der Waals surface area contributed by atoms with E-state index in [1.807, 2.05) is 19.1 Å². The third-order valence-corrected chi connectivity index (χ3v) is 8.87. The first-order valence-corrected chi connectivity index (χ1v) is 15.4. The Morgan fingerprint density at radius 3 is 2.68 bits per heavy atom. The van der Waals surface area contributed by atoms with Gasteiger partial charge in [-0.05, 0) is 88.4 Å². The maximum Gasteiger partial charge on any atom is 0.146 e. The summed E-state index contributed by atoms with van der Waals surface area (Å²) in [6.45, 7) is 4.89. The van der Waals surface area contributed by atoms with E-state index in [1.54, 1.807) is 12.3 Å². The first-order valence-electron chi connectivity index (χ1n) is 13.3. The molecule has 2 N–H and O–H groups in total. The van der Waals surface area contributed by atoms with Crippen molar-refractivity contribution >= 4 is 37.8 Å². The van der Waals surface area contributed by atoms with Crippen molar-refractivity contribution < 1.29 is 18.4 Å². The number of aliphatic hydroxyl groups excluding tert-OH is 1. The molecule has 3 aromatic rings. The fourth-order valence-corrected chi connectivity index (χ4v) is 6.50. The first kappa shape index (κ1) is 26.8. The minimum absolute atomic E-state index is 0.0804. The molecule has 0 spiro atoms. The van der Waals surface area contributed by atoms with Crippen molar-refractivity contribution in [3.63, 3.8) is 0 Å². The highest BCUT2D eigenvalue weighted by molar-refractivity contribution is 7.93. The molecule has 5 rings (SSSR count). The standard InChI is InChI=1S/C28H36FN5O3S/c1-19-15-21(33-38(2,36)14-13-34-11-3-4-12-34)17-25-27(19)28(31-18-30-25)32-24-10-5-20(29)16-26(24)37-23-8-6-22(35)7-9-23/h5,10,15-18,22-23,35H,3-4,6-9,11-14H2,1-2H3,(H,30,31,32)/t22-,23-,38?. The van der Waals surface area contributed by atoms with Crippen LogP contribution in [-0.4, -0.2) is 68.0 Å². The summed E-state index contributed by atoms with van der Waals surface area (Å²) in [6, 6.07) is 8.14. The number of hydrogen-bond acceptors (Lipinski definition) is 8. The van der Waals surface area contributed by atoms with Crippen LogP contribution in [-0.2, 0) is 9.73 Å². The number of nitrogens with zero attached hydrogens (tertiary/aromatic N) is 4. The van der Waals surface area contributed by atoms with Crippen LogP contribution in [0.25, 0.3) is 10.9 Å². The molecule has 0 amide bonds. The number of halogens is 1. The predicted molar refractivity (Wildman–Crippen MR) is 150 cm³/mol. The van der Waals surface area contributed by atoms with E-state index in [-0.39, 0.29) is 18.0 Å². The molecular weight excluding hydrogens is 505 g/mol. The van der Waals surface area contributed by atoms with Crippen molar-refractivity contribution in [2.45, 2.75) is 57.7 Å². The second kappa shape index (κ2) is 11.5. The second-order valence-corrected chi connectivity index (χ2v) is 13.0. The van der Waals surface area contributed by atoms with E-state index < -0.39 is 9.73 Å². The maximum absolute atomic E-state index is 14.1. The zero-order valence-electron chi connectivity index (χ0n) is 22.0. The molecule has 1 saturated heterocycles. The lowest BCUT2D eigenvalue weighted by molar-refractivity contribution is 0.0668. The van der Waals surface area contributed by atoms with E-state index in [9.17, 15) is 13.7 Å². The second-order valence-electron chi connectivity index (χ2n) is 10.5. The van der Waals surface area contributed by atoms with Gasteiger partial charge < -0.3 is 20.1 Å². The predicted octanol–water partition coefficient (Wildman–Crippen LogP) is 5.33. The van der Waals surface area contributed by atoms with Crippen LogP contribution in [0.4, 0.5) is 21.6 Å². The monoisotopic (exact) mass is 541 g/mol. The highest BCUT2D eigenvalue weighted by Gasteiger charge is 2.22. The van der Waals surface area contributed by atoms with Gasteiger partial charge in [-0.25, -0.2) is 18.6 Å². The lowest BCUT2D eigenvalue weighted by Gasteiger charge is -2.27. The summed E-state index contributed by atoms with van der Waals surface area (Å²) in [7, 11) is -2.39. The van der Waals surface area contributed by atoms with E-state index >= 15 is 0 Å². The van der Waals surface area contributed by atoms with Gasteiger partial charge in [0.1, 0.15) is 23.7 Å². The van der Waals surface area contributed by atoms with Crippen molar-refractivity contribution in [2.75, 3.05) is 37.0 Å². The number of hydrogen-bond donors (Lipinski definition) is 2. The fraction of sp³-hybridized carbons (Fsp3) is 0.500. The number of nitrogens with one attached hydrogen (secondary N) is 1. The molecule has 2 heterocycles. The molecule has 204 valence electrons. The van der Waals surface area contributed by atoms with E-state index in [2.05, 4.69) is 24.5 Å². The van der Waals surface area contributed by atoms with Crippen LogP contribution in [0.3, 0.4) is 0 Å². The van der Waals surface area contributed by atoms with Gasteiger partial charge in [0.05, 0.1) is 29.1 Å². The maximum atomic E-state index is 14.1. The Balaban J connectivity index is 1.39. The summed E-state index contributed by atoms with van der Waals surface area (Å²) in [5, 5.41) is 13.9. The van der Waals surface area contributed by atoms with Gasteiger partial charge in [-0.3, -0.25) is 0 Å². The van der Waals surface area contributed by atoms with Crippen LogP contribution >= 0.6 is 0 Å². The molecule has 2 aliphatic rings. The molecule has 2 aromatic carbocycles. The number of benzene rings is 2. The molecule has 2 fully saturated rings. The third-order valence-electron chi connectivity index (χ3n) is 7.34. The molecule has 0 bridgehead atoms. The Labute approximate surface area is 223 Å². The zero-order chi connectivity index (χ0) is 26.7. The van der Waals surface area contributed by atoms with Gasteiger partial charge in [-0.15, -0.1) is 0 Å². The number of aromatic nitrogens is 2. The van der Waals surface area contributed by atoms with Gasteiger partial charge in [0.15, 0.2) is 0 Å². The summed E-state index contributed by atoms with van der Waals surface area (Å²) in [5.74, 6) is 1.13. The summed E-state index contributed by atoms with van der Waals surface area (Å²) in [4.78, 5) is 11.3. The zero-order valence-corrected chi connectivity index (χ0v) is 22.8. The smallest absolute Gasteiger partial charge is 0.146 e. The number of ether oxygens (including phenoxy) is 1. The summed E-state index contributed by atoms with van der Waals surface area (Å²) < 4.78 is 38.1. The average molecular weight is 542 g/mol. The summed E-state index contributed by atoms with van der Waals surface area (Å²) >= 11 is 0. The third kappa shape index (κ3) is 6.59. The van der Waals surface area contributed by atoms with E-state index in [4.69, 9.17) is 4.74 Å². The molecule has 1 aliphatic carbocycles. The Bertz CT molecular complexity index is 1410. The molecule has 1 saturated carbocycles. The lowest BCUT2D eigenvalue weighted by Crippen LogP contribution is -2.26. The molecule has 38 heavy (non-hydrogen) atoms. The lowest BCUT2D eigenvalue weighted by atomic mass is 9.95. The van der Waals surface area contributed by atoms with Crippen molar-refractivity contribution in [1.29, 1.82) is 0 Å². The van der Waals surface area contributed by atoms with E-state index in [0.29, 0.717) is 47.1 Å². The minimum Gasteiger partial charge on any atom is -0.488 e. The van der Waals surface area contributed by atoms with Crippen LogP contribution < -0.4 is 10.1 Å². The van der Waals surface area contributed by atoms with Gasteiger partial charge in [-0.2, -0.15) is 4.36 Å². The summed E-state index contributed by atoms with van der Waals surface area (Å²) in [6.07, 6.45) is 8.02. The highest BCUT2D eigenvalue weighted by atomic mass is 32.2. The number of fused-ring (bicyclic) bond motifs is 1. The van der Waals surface area contributed by atoms with Gasteiger partial charge in [0.2, 0.25) is 0 Å². The molecular formula is C28H36FN5O3S. The molecule has 1 aliphatic heterocycles.